The van der Waals surface area contributed by atoms with Crippen LogP contribution in [0.3, 0.4) is 0 Å². The molecule has 2 rings (SSSR count). The first-order valence-corrected chi connectivity index (χ1v) is 7.37. The van der Waals surface area contributed by atoms with Crippen molar-refractivity contribution in [3.05, 3.63) is 28.8 Å². The van der Waals surface area contributed by atoms with Crippen LogP contribution in [0.2, 0.25) is 5.28 Å². The molecular formula is C15H21ClN4O. The van der Waals surface area contributed by atoms with E-state index in [0.29, 0.717) is 11.5 Å². The van der Waals surface area contributed by atoms with Gasteiger partial charge in [-0.1, -0.05) is 6.58 Å². The van der Waals surface area contributed by atoms with E-state index >= 15 is 0 Å². The summed E-state index contributed by atoms with van der Waals surface area (Å²) in [4.78, 5) is 22.5. The number of hydrogen-bond acceptors (Lipinski definition) is 4. The average Bonchev–Trinajstić information content (AvgIpc) is 2.81. The summed E-state index contributed by atoms with van der Waals surface area (Å²) in [6.45, 7) is 9.66. The molecule has 0 saturated heterocycles. The fraction of sp³-hybridized carbons (Fsp3) is 0.533. The second kappa shape index (κ2) is 5.64. The van der Waals surface area contributed by atoms with Crippen LogP contribution in [0.1, 0.15) is 38.4 Å². The van der Waals surface area contributed by atoms with E-state index in [2.05, 4.69) is 21.9 Å². The molecule has 0 fully saturated rings. The monoisotopic (exact) mass is 308 g/mol. The fourth-order valence-corrected chi connectivity index (χ4v) is 2.54. The third-order valence-corrected chi connectivity index (χ3v) is 3.53. The number of halogens is 1. The maximum absolute atomic E-state index is 12.2. The van der Waals surface area contributed by atoms with Crippen LogP contribution in [0.5, 0.6) is 0 Å². The predicted octanol–water partition coefficient (Wildman–Crippen LogP) is 2.48. The number of amides is 1. The van der Waals surface area contributed by atoms with Gasteiger partial charge in [0.2, 0.25) is 5.28 Å². The predicted molar refractivity (Wildman–Crippen MR) is 84.5 cm³/mol. The number of hydrogen-bond donors (Lipinski definition) is 1. The van der Waals surface area contributed by atoms with E-state index in [1.807, 2.05) is 20.8 Å². The van der Waals surface area contributed by atoms with Crippen molar-refractivity contribution in [3.63, 3.8) is 0 Å². The van der Waals surface area contributed by atoms with E-state index in [0.717, 1.165) is 30.5 Å². The molecule has 0 aliphatic heterocycles. The minimum Gasteiger partial charge on any atom is -0.346 e. The SMILES string of the molecule is C=C(C(=O)NC(C)(C)C)N(C)c1nc(Cl)nc2c1CCC2. The average molecular weight is 309 g/mol. The third-order valence-electron chi connectivity index (χ3n) is 3.36. The normalized spacial score (nSPS) is 13.8. The molecule has 6 heteroatoms. The summed E-state index contributed by atoms with van der Waals surface area (Å²) in [6.07, 6.45) is 2.84. The van der Waals surface area contributed by atoms with Crippen molar-refractivity contribution in [2.45, 2.75) is 45.6 Å². The summed E-state index contributed by atoms with van der Waals surface area (Å²) in [5.74, 6) is 0.461. The molecule has 1 aliphatic rings. The lowest BCUT2D eigenvalue weighted by molar-refractivity contribution is -0.118. The van der Waals surface area contributed by atoms with Crippen molar-refractivity contribution in [3.8, 4) is 0 Å². The number of nitrogens with zero attached hydrogens (tertiary/aromatic N) is 3. The Balaban J connectivity index is 2.26. The summed E-state index contributed by atoms with van der Waals surface area (Å²) in [5, 5.41) is 3.11. The number of carbonyl (C=O) groups is 1. The van der Waals surface area contributed by atoms with Gasteiger partial charge in [-0.15, -0.1) is 0 Å². The Hall–Kier alpha value is -1.62. The van der Waals surface area contributed by atoms with Crippen molar-refractivity contribution in [1.82, 2.24) is 15.3 Å². The topological polar surface area (TPSA) is 58.1 Å². The Labute approximate surface area is 130 Å². The van der Waals surface area contributed by atoms with E-state index in [1.165, 1.54) is 0 Å². The number of anilines is 1. The van der Waals surface area contributed by atoms with Gasteiger partial charge in [-0.2, -0.15) is 4.98 Å². The molecular weight excluding hydrogens is 288 g/mol. The minimum atomic E-state index is -0.313. The van der Waals surface area contributed by atoms with Crippen molar-refractivity contribution in [1.29, 1.82) is 0 Å². The minimum absolute atomic E-state index is 0.210. The molecule has 1 amide bonds. The Kier molecular flexibility index (Phi) is 4.23. The Morgan fingerprint density at radius 1 is 1.33 bits per heavy atom. The van der Waals surface area contributed by atoms with Gasteiger partial charge in [0.15, 0.2) is 0 Å². The summed E-state index contributed by atoms with van der Waals surface area (Å²) in [6, 6.07) is 0. The first kappa shape index (κ1) is 15.8. The Morgan fingerprint density at radius 2 is 2.00 bits per heavy atom. The summed E-state index contributed by atoms with van der Waals surface area (Å²) in [7, 11) is 1.78. The number of likely N-dealkylation sites (N-methyl/N-ethyl adjacent to an activating group) is 1. The Bertz CT molecular complexity index is 592. The van der Waals surface area contributed by atoms with Crippen LogP contribution in [0.4, 0.5) is 5.82 Å². The van der Waals surface area contributed by atoms with E-state index in [1.54, 1.807) is 11.9 Å². The van der Waals surface area contributed by atoms with Crippen molar-refractivity contribution in [2.24, 2.45) is 0 Å². The van der Waals surface area contributed by atoms with Crippen LogP contribution in [-0.2, 0) is 17.6 Å². The van der Waals surface area contributed by atoms with Gasteiger partial charge in [-0.25, -0.2) is 4.98 Å². The Morgan fingerprint density at radius 3 is 2.62 bits per heavy atom. The number of nitrogens with one attached hydrogen (secondary N) is 1. The van der Waals surface area contributed by atoms with Gasteiger partial charge in [0.05, 0.1) is 5.69 Å². The van der Waals surface area contributed by atoms with Crippen LogP contribution >= 0.6 is 11.6 Å². The largest absolute Gasteiger partial charge is 0.346 e. The van der Waals surface area contributed by atoms with Crippen molar-refractivity contribution < 1.29 is 4.79 Å². The molecule has 0 atom stereocenters. The third kappa shape index (κ3) is 3.53. The number of aryl methyl sites for hydroxylation is 1. The quantitative estimate of drug-likeness (QED) is 0.688. The molecule has 0 radical (unpaired) electrons. The summed E-state index contributed by atoms with van der Waals surface area (Å²) in [5.41, 5.74) is 2.06. The van der Waals surface area contributed by atoms with Crippen LogP contribution in [0, 0.1) is 0 Å². The lowest BCUT2D eigenvalue weighted by Gasteiger charge is -2.26. The highest BCUT2D eigenvalue weighted by Crippen LogP contribution is 2.30. The number of fused-ring (bicyclic) bond motifs is 1. The fourth-order valence-electron chi connectivity index (χ4n) is 2.35. The molecule has 0 unspecified atom stereocenters. The first-order chi connectivity index (χ1) is 9.69. The molecule has 0 bridgehead atoms. The number of aromatic nitrogens is 2. The van der Waals surface area contributed by atoms with Gasteiger partial charge in [0, 0.05) is 18.2 Å². The van der Waals surface area contributed by atoms with Gasteiger partial charge in [0.1, 0.15) is 11.5 Å². The lowest BCUT2D eigenvalue weighted by atomic mass is 10.1. The summed E-state index contributed by atoms with van der Waals surface area (Å²) < 4.78 is 0. The second-order valence-electron chi connectivity index (χ2n) is 6.30. The number of carbonyl (C=O) groups excluding carboxylic acids is 1. The molecule has 114 valence electrons. The van der Waals surface area contributed by atoms with Crippen LogP contribution in [0.15, 0.2) is 12.3 Å². The molecule has 1 aliphatic carbocycles. The van der Waals surface area contributed by atoms with Gasteiger partial charge in [-0.05, 0) is 51.6 Å². The van der Waals surface area contributed by atoms with Crippen LogP contribution in [-0.4, -0.2) is 28.5 Å². The van der Waals surface area contributed by atoms with Gasteiger partial charge in [0.25, 0.3) is 5.91 Å². The molecule has 1 aromatic rings. The zero-order valence-electron chi connectivity index (χ0n) is 13.0. The maximum Gasteiger partial charge on any atom is 0.267 e. The van der Waals surface area contributed by atoms with E-state index in [4.69, 9.17) is 11.6 Å². The van der Waals surface area contributed by atoms with Crippen LogP contribution in [0.25, 0.3) is 0 Å². The molecule has 21 heavy (non-hydrogen) atoms. The highest BCUT2D eigenvalue weighted by molar-refractivity contribution is 6.28. The number of rotatable bonds is 3. The highest BCUT2D eigenvalue weighted by Gasteiger charge is 2.25. The molecule has 0 saturated carbocycles. The molecule has 1 aromatic heterocycles. The zero-order chi connectivity index (χ0) is 15.8. The van der Waals surface area contributed by atoms with Gasteiger partial charge in [-0.3, -0.25) is 4.79 Å². The van der Waals surface area contributed by atoms with Crippen molar-refractivity contribution >= 4 is 23.3 Å². The van der Waals surface area contributed by atoms with E-state index in [-0.39, 0.29) is 16.7 Å². The highest BCUT2D eigenvalue weighted by atomic mass is 35.5. The molecule has 1 N–H and O–H groups in total. The molecule has 5 nitrogen and oxygen atoms in total. The van der Waals surface area contributed by atoms with Crippen molar-refractivity contribution in [2.75, 3.05) is 11.9 Å². The maximum atomic E-state index is 12.2. The van der Waals surface area contributed by atoms with E-state index in [9.17, 15) is 4.79 Å². The van der Waals surface area contributed by atoms with Gasteiger partial charge < -0.3 is 10.2 Å². The standard InChI is InChI=1S/C15H21ClN4O/c1-9(13(21)19-15(2,3)4)20(5)12-10-7-6-8-11(10)17-14(16)18-12/h1,6-8H2,2-5H3,(H,19,21). The van der Waals surface area contributed by atoms with E-state index < -0.39 is 0 Å². The molecule has 0 aromatic carbocycles. The first-order valence-electron chi connectivity index (χ1n) is 6.99. The molecule has 1 heterocycles. The smallest absolute Gasteiger partial charge is 0.267 e. The van der Waals surface area contributed by atoms with Gasteiger partial charge >= 0.3 is 0 Å². The second-order valence-corrected chi connectivity index (χ2v) is 6.64. The molecule has 0 spiro atoms. The summed E-state index contributed by atoms with van der Waals surface area (Å²) >= 11 is 5.98. The van der Waals surface area contributed by atoms with Crippen LogP contribution < -0.4 is 10.2 Å². The lowest BCUT2D eigenvalue weighted by Crippen LogP contribution is -2.44. The zero-order valence-corrected chi connectivity index (χ0v) is 13.7.